The molecule has 1 aromatic heterocycles. The Labute approximate surface area is 84.0 Å². The van der Waals surface area contributed by atoms with Gasteiger partial charge in [0.25, 0.3) is 6.43 Å². The number of halogens is 2. The van der Waals surface area contributed by atoms with Gasteiger partial charge in [-0.25, -0.2) is 22.3 Å². The lowest BCUT2D eigenvalue weighted by Crippen LogP contribution is -2.24. The Kier molecular flexibility index (Phi) is 2.91. The molecule has 0 aliphatic heterocycles. The lowest BCUT2D eigenvalue weighted by molar-refractivity contribution is 0.145. The normalized spacial score (nSPS) is 12.1. The number of sulfonamides is 1. The van der Waals surface area contributed by atoms with Gasteiger partial charge < -0.3 is 4.98 Å². The molecule has 15 heavy (non-hydrogen) atoms. The Morgan fingerprint density at radius 1 is 1.47 bits per heavy atom. The highest BCUT2D eigenvalue weighted by atomic mass is 32.2. The summed E-state index contributed by atoms with van der Waals surface area (Å²) < 4.78 is 46.3. The Morgan fingerprint density at radius 3 is 2.33 bits per heavy atom. The van der Waals surface area contributed by atoms with Crippen molar-refractivity contribution >= 4 is 10.0 Å². The van der Waals surface area contributed by atoms with Crippen LogP contribution in [0.3, 0.4) is 0 Å². The number of aromatic amines is 1. The molecule has 5 nitrogen and oxygen atoms in total. The Bertz CT molecular complexity index is 536. The molecule has 0 spiro atoms. The maximum atomic E-state index is 12.2. The minimum atomic E-state index is -4.20. The van der Waals surface area contributed by atoms with E-state index in [1.807, 2.05) is 0 Å². The molecule has 1 aromatic rings. The van der Waals surface area contributed by atoms with Crippen LogP contribution < -0.4 is 10.6 Å². The van der Waals surface area contributed by atoms with E-state index in [0.717, 1.165) is 0 Å². The molecule has 1 heterocycles. The van der Waals surface area contributed by atoms with Gasteiger partial charge >= 0.3 is 0 Å². The zero-order valence-corrected chi connectivity index (χ0v) is 8.44. The fourth-order valence-electron chi connectivity index (χ4n) is 1.17. The quantitative estimate of drug-likeness (QED) is 0.774. The number of pyridine rings is 1. The summed E-state index contributed by atoms with van der Waals surface area (Å²) in [4.78, 5) is 12.6. The summed E-state index contributed by atoms with van der Waals surface area (Å²) in [5.41, 5.74) is -1.87. The van der Waals surface area contributed by atoms with Crippen molar-refractivity contribution in [2.75, 3.05) is 0 Å². The van der Waals surface area contributed by atoms with Gasteiger partial charge in [0.15, 0.2) is 0 Å². The summed E-state index contributed by atoms with van der Waals surface area (Å²) in [5, 5.41) is 4.75. The van der Waals surface area contributed by atoms with E-state index in [9.17, 15) is 22.0 Å². The predicted octanol–water partition coefficient (Wildman–Crippen LogP) is 0.268. The van der Waals surface area contributed by atoms with Crippen molar-refractivity contribution in [3.63, 3.8) is 0 Å². The number of aryl methyl sites for hydroxylation is 1. The first-order chi connectivity index (χ1) is 6.73. The molecular formula is C7H8F2N2O3S. The lowest BCUT2D eigenvalue weighted by Gasteiger charge is -2.05. The third kappa shape index (κ3) is 2.39. The van der Waals surface area contributed by atoms with Crippen molar-refractivity contribution in [1.29, 1.82) is 0 Å². The van der Waals surface area contributed by atoms with Crippen molar-refractivity contribution in [2.45, 2.75) is 18.2 Å². The molecule has 84 valence electrons. The smallest absolute Gasteiger partial charge is 0.278 e. The second kappa shape index (κ2) is 3.70. The standard InChI is InChI=1S/C7H8F2N2O3S/c1-3-6(15(10,13)14)5(12)2-4(11-3)7(8)9/h2,7H,1H3,(H,11,12)(H2,10,13,14). The summed E-state index contributed by atoms with van der Waals surface area (Å²) in [5.74, 6) is 0. The van der Waals surface area contributed by atoms with Crippen molar-refractivity contribution in [2.24, 2.45) is 5.14 Å². The number of aromatic nitrogens is 1. The molecule has 0 aliphatic rings. The van der Waals surface area contributed by atoms with Gasteiger partial charge in [0.1, 0.15) is 4.90 Å². The van der Waals surface area contributed by atoms with E-state index in [2.05, 4.69) is 4.98 Å². The molecule has 0 aromatic carbocycles. The lowest BCUT2D eigenvalue weighted by atomic mass is 10.3. The van der Waals surface area contributed by atoms with Gasteiger partial charge in [0.05, 0.1) is 5.69 Å². The molecule has 0 saturated carbocycles. The summed E-state index contributed by atoms with van der Waals surface area (Å²) in [6.45, 7) is 1.19. The number of hydrogen-bond acceptors (Lipinski definition) is 3. The van der Waals surface area contributed by atoms with Crippen LogP contribution in [-0.2, 0) is 10.0 Å². The van der Waals surface area contributed by atoms with E-state index < -0.39 is 32.5 Å². The van der Waals surface area contributed by atoms with Crippen molar-refractivity contribution in [1.82, 2.24) is 4.98 Å². The molecule has 0 aliphatic carbocycles. The van der Waals surface area contributed by atoms with E-state index in [4.69, 9.17) is 5.14 Å². The van der Waals surface area contributed by atoms with Gasteiger partial charge in [-0.2, -0.15) is 0 Å². The predicted molar refractivity (Wildman–Crippen MR) is 48.1 cm³/mol. The van der Waals surface area contributed by atoms with Crippen LogP contribution in [-0.4, -0.2) is 13.4 Å². The van der Waals surface area contributed by atoms with E-state index in [1.54, 1.807) is 0 Å². The Balaban J connectivity index is 3.56. The van der Waals surface area contributed by atoms with E-state index in [1.165, 1.54) is 6.92 Å². The number of H-pyrrole nitrogens is 1. The monoisotopic (exact) mass is 238 g/mol. The molecular weight excluding hydrogens is 230 g/mol. The van der Waals surface area contributed by atoms with Crippen LogP contribution in [0.5, 0.6) is 0 Å². The highest BCUT2D eigenvalue weighted by Crippen LogP contribution is 2.16. The van der Waals surface area contributed by atoms with Crippen LogP contribution in [0.15, 0.2) is 15.8 Å². The van der Waals surface area contributed by atoms with Crippen molar-refractivity contribution in [3.8, 4) is 0 Å². The molecule has 3 N–H and O–H groups in total. The number of alkyl halides is 2. The maximum absolute atomic E-state index is 12.2. The van der Waals surface area contributed by atoms with Crippen LogP contribution >= 0.6 is 0 Å². The molecule has 1 rings (SSSR count). The van der Waals surface area contributed by atoms with E-state index in [-0.39, 0.29) is 5.69 Å². The Hall–Kier alpha value is -1.28. The number of nitrogens with one attached hydrogen (secondary N) is 1. The number of primary sulfonamides is 1. The summed E-state index contributed by atoms with van der Waals surface area (Å²) in [6, 6.07) is 0.525. The Morgan fingerprint density at radius 2 is 2.00 bits per heavy atom. The molecule has 0 bridgehead atoms. The van der Waals surface area contributed by atoms with Gasteiger partial charge in [-0.15, -0.1) is 0 Å². The largest absolute Gasteiger partial charge is 0.357 e. The third-order valence-electron chi connectivity index (χ3n) is 1.70. The third-order valence-corrected chi connectivity index (χ3v) is 2.78. The minimum Gasteiger partial charge on any atom is -0.357 e. The first-order valence-electron chi connectivity index (χ1n) is 3.78. The van der Waals surface area contributed by atoms with Crippen LogP contribution in [0.1, 0.15) is 17.8 Å². The first kappa shape index (κ1) is 11.8. The maximum Gasteiger partial charge on any atom is 0.278 e. The number of rotatable bonds is 2. The van der Waals surface area contributed by atoms with Crippen molar-refractivity contribution in [3.05, 3.63) is 27.7 Å². The van der Waals surface area contributed by atoms with Crippen LogP contribution in [0, 0.1) is 6.92 Å². The summed E-state index contributed by atoms with van der Waals surface area (Å²) >= 11 is 0. The zero-order valence-electron chi connectivity index (χ0n) is 7.62. The van der Waals surface area contributed by atoms with E-state index >= 15 is 0 Å². The first-order valence-corrected chi connectivity index (χ1v) is 5.33. The average Bonchev–Trinajstić information content (AvgIpc) is 1.99. The molecule has 0 fully saturated rings. The summed E-state index contributed by atoms with van der Waals surface area (Å²) in [6.07, 6.45) is -2.87. The van der Waals surface area contributed by atoms with Gasteiger partial charge in [-0.3, -0.25) is 4.79 Å². The molecule has 0 amide bonds. The number of hydrogen-bond donors (Lipinski definition) is 2. The van der Waals surface area contributed by atoms with Crippen molar-refractivity contribution < 1.29 is 17.2 Å². The van der Waals surface area contributed by atoms with Gasteiger partial charge in [0.2, 0.25) is 15.5 Å². The molecule has 0 saturated heterocycles. The van der Waals surface area contributed by atoms with Gasteiger partial charge in [0, 0.05) is 11.8 Å². The molecule has 0 unspecified atom stereocenters. The number of nitrogens with two attached hydrogens (primary N) is 1. The highest BCUT2D eigenvalue weighted by Gasteiger charge is 2.19. The second-order valence-electron chi connectivity index (χ2n) is 2.89. The fraction of sp³-hybridized carbons (Fsp3) is 0.286. The minimum absolute atomic E-state index is 0.194. The fourth-order valence-corrected chi connectivity index (χ4v) is 1.99. The van der Waals surface area contributed by atoms with Crippen LogP contribution in [0.2, 0.25) is 0 Å². The second-order valence-corrected chi connectivity index (χ2v) is 4.39. The zero-order chi connectivity index (χ0) is 11.8. The SMILES string of the molecule is Cc1[nH]c(C(F)F)cc(=O)c1S(N)(=O)=O. The van der Waals surface area contributed by atoms with Gasteiger partial charge in [-0.05, 0) is 6.92 Å². The highest BCUT2D eigenvalue weighted by molar-refractivity contribution is 7.89. The molecule has 0 radical (unpaired) electrons. The average molecular weight is 238 g/mol. The van der Waals surface area contributed by atoms with Crippen LogP contribution in [0.4, 0.5) is 8.78 Å². The van der Waals surface area contributed by atoms with Crippen LogP contribution in [0.25, 0.3) is 0 Å². The topological polar surface area (TPSA) is 93.0 Å². The van der Waals surface area contributed by atoms with E-state index in [0.29, 0.717) is 6.07 Å². The summed E-state index contributed by atoms with van der Waals surface area (Å²) in [7, 11) is -4.20. The van der Waals surface area contributed by atoms with Gasteiger partial charge in [-0.1, -0.05) is 0 Å². The molecule has 8 heteroatoms. The molecule has 0 atom stereocenters.